The number of benzene rings is 3. The first kappa shape index (κ1) is 22.0. The average Bonchev–Trinajstić information content (AvgIpc) is 3.33. The van der Waals surface area contributed by atoms with E-state index < -0.39 is 10.0 Å². The van der Waals surface area contributed by atoms with Gasteiger partial charge in [0.1, 0.15) is 5.01 Å². The summed E-state index contributed by atoms with van der Waals surface area (Å²) in [7, 11) is -0.733. The number of thiazole rings is 1. The molecule has 0 bridgehead atoms. The number of nitrogens with one attached hydrogen (secondary N) is 1. The Hall–Kier alpha value is -3.20. The Labute approximate surface area is 191 Å². The second kappa shape index (κ2) is 9.52. The lowest BCUT2D eigenvalue weighted by Crippen LogP contribution is -2.23. The maximum Gasteiger partial charge on any atom is 0.241 e. The zero-order valence-electron chi connectivity index (χ0n) is 17.6. The van der Waals surface area contributed by atoms with Gasteiger partial charge in [-0.05, 0) is 17.7 Å². The minimum Gasteiger partial charge on any atom is -0.493 e. The van der Waals surface area contributed by atoms with Crippen LogP contribution in [0.15, 0.2) is 83.1 Å². The first-order valence-electron chi connectivity index (χ1n) is 9.82. The van der Waals surface area contributed by atoms with E-state index in [0.717, 1.165) is 27.4 Å². The molecule has 0 aliphatic carbocycles. The Bertz CT molecular complexity index is 1300. The van der Waals surface area contributed by atoms with Crippen LogP contribution in [-0.2, 0) is 16.6 Å². The van der Waals surface area contributed by atoms with E-state index in [-0.39, 0.29) is 11.4 Å². The van der Waals surface area contributed by atoms with Crippen molar-refractivity contribution in [1.29, 1.82) is 0 Å². The van der Waals surface area contributed by atoms with E-state index >= 15 is 0 Å². The van der Waals surface area contributed by atoms with Gasteiger partial charge in [-0.1, -0.05) is 54.6 Å². The van der Waals surface area contributed by atoms with E-state index in [1.54, 1.807) is 17.4 Å². The highest BCUT2D eigenvalue weighted by molar-refractivity contribution is 7.89. The number of nitrogens with zero attached hydrogens (tertiary/aromatic N) is 1. The quantitative estimate of drug-likeness (QED) is 0.397. The van der Waals surface area contributed by atoms with E-state index in [0.29, 0.717) is 11.5 Å². The number of rotatable bonds is 8. The summed E-state index contributed by atoms with van der Waals surface area (Å²) in [4.78, 5) is 4.83. The maximum absolute atomic E-state index is 12.7. The summed E-state index contributed by atoms with van der Waals surface area (Å²) in [5.74, 6) is 0.831. The van der Waals surface area contributed by atoms with E-state index in [1.165, 1.54) is 26.4 Å². The fourth-order valence-electron chi connectivity index (χ4n) is 3.16. The summed E-state index contributed by atoms with van der Waals surface area (Å²) in [6, 6.07) is 22.2. The van der Waals surface area contributed by atoms with Gasteiger partial charge >= 0.3 is 0 Å². The Morgan fingerprint density at radius 2 is 1.59 bits per heavy atom. The molecule has 1 N–H and O–H groups in total. The van der Waals surface area contributed by atoms with Gasteiger partial charge in [0.05, 0.1) is 24.8 Å². The SMILES string of the molecule is COc1ccc(S(=O)(=O)NCc2ccc(-c3nc(-c4ccccc4)cs3)cc2)cc1OC. The van der Waals surface area contributed by atoms with Gasteiger partial charge in [-0.25, -0.2) is 18.1 Å². The van der Waals surface area contributed by atoms with Crippen LogP contribution in [0.3, 0.4) is 0 Å². The first-order valence-corrected chi connectivity index (χ1v) is 12.2. The van der Waals surface area contributed by atoms with Crippen LogP contribution in [0, 0.1) is 0 Å². The molecule has 0 unspecified atom stereocenters. The lowest BCUT2D eigenvalue weighted by atomic mass is 10.1. The molecule has 0 atom stereocenters. The Balaban J connectivity index is 1.45. The molecule has 0 saturated carbocycles. The van der Waals surface area contributed by atoms with Gasteiger partial charge in [-0.3, -0.25) is 0 Å². The maximum atomic E-state index is 12.7. The standard InChI is InChI=1S/C24H22N2O4S2/c1-29-22-13-12-20(14-23(22)30-2)32(27,28)25-15-17-8-10-19(11-9-17)24-26-21(16-31-24)18-6-4-3-5-7-18/h3-14,16,25H,15H2,1-2H3. The molecule has 0 radical (unpaired) electrons. The van der Waals surface area contributed by atoms with Gasteiger partial charge in [0.25, 0.3) is 0 Å². The van der Waals surface area contributed by atoms with Crippen LogP contribution in [-0.4, -0.2) is 27.6 Å². The molecule has 0 aliphatic heterocycles. The molecule has 1 heterocycles. The van der Waals surface area contributed by atoms with Crippen molar-refractivity contribution in [2.75, 3.05) is 14.2 Å². The molecule has 4 rings (SSSR count). The van der Waals surface area contributed by atoms with E-state index in [9.17, 15) is 8.42 Å². The summed E-state index contributed by atoms with van der Waals surface area (Å²) in [6.07, 6.45) is 0. The number of methoxy groups -OCH3 is 2. The van der Waals surface area contributed by atoms with Gasteiger partial charge in [0, 0.05) is 29.1 Å². The van der Waals surface area contributed by atoms with Crippen LogP contribution in [0.4, 0.5) is 0 Å². The predicted octanol–water partition coefficient (Wildman–Crippen LogP) is 4.97. The summed E-state index contributed by atoms with van der Waals surface area (Å²) < 4.78 is 38.4. The van der Waals surface area contributed by atoms with Crippen LogP contribution in [0.5, 0.6) is 11.5 Å². The van der Waals surface area contributed by atoms with E-state index in [4.69, 9.17) is 14.5 Å². The third-order valence-corrected chi connectivity index (χ3v) is 7.20. The molecule has 32 heavy (non-hydrogen) atoms. The third-order valence-electron chi connectivity index (χ3n) is 4.91. The highest BCUT2D eigenvalue weighted by Gasteiger charge is 2.17. The minimum absolute atomic E-state index is 0.114. The molecule has 6 nitrogen and oxygen atoms in total. The molecule has 0 fully saturated rings. The molecule has 0 saturated heterocycles. The third kappa shape index (κ3) is 4.83. The van der Waals surface area contributed by atoms with Crippen molar-refractivity contribution in [1.82, 2.24) is 9.71 Å². The molecule has 164 valence electrons. The van der Waals surface area contributed by atoms with Crippen molar-refractivity contribution in [2.24, 2.45) is 0 Å². The lowest BCUT2D eigenvalue weighted by molar-refractivity contribution is 0.354. The number of sulfonamides is 1. The van der Waals surface area contributed by atoms with E-state index in [2.05, 4.69) is 4.72 Å². The van der Waals surface area contributed by atoms with Gasteiger partial charge in [-0.15, -0.1) is 11.3 Å². The monoisotopic (exact) mass is 466 g/mol. The Morgan fingerprint density at radius 3 is 2.28 bits per heavy atom. The largest absolute Gasteiger partial charge is 0.493 e. The van der Waals surface area contributed by atoms with Crippen molar-refractivity contribution < 1.29 is 17.9 Å². The molecule has 8 heteroatoms. The summed E-state index contributed by atoms with van der Waals surface area (Å²) in [5, 5.41) is 2.96. The molecule has 4 aromatic rings. The molecular formula is C24H22N2O4S2. The zero-order chi connectivity index (χ0) is 22.6. The number of aromatic nitrogens is 1. The van der Waals surface area contributed by atoms with Crippen LogP contribution in [0.1, 0.15) is 5.56 Å². The molecular weight excluding hydrogens is 444 g/mol. The highest BCUT2D eigenvalue weighted by atomic mass is 32.2. The molecule has 1 aromatic heterocycles. The smallest absolute Gasteiger partial charge is 0.241 e. The average molecular weight is 467 g/mol. The number of hydrogen-bond donors (Lipinski definition) is 1. The summed E-state index contributed by atoms with van der Waals surface area (Å²) in [5.41, 5.74) is 3.86. The van der Waals surface area contributed by atoms with E-state index in [1.807, 2.05) is 60.0 Å². The number of ether oxygens (including phenoxy) is 2. The Kier molecular flexibility index (Phi) is 6.55. The fourth-order valence-corrected chi connectivity index (χ4v) is 5.03. The molecule has 0 amide bonds. The van der Waals surface area contributed by atoms with Crippen LogP contribution in [0.25, 0.3) is 21.8 Å². The second-order valence-corrected chi connectivity index (χ2v) is 9.57. The number of hydrogen-bond acceptors (Lipinski definition) is 6. The van der Waals surface area contributed by atoms with Gasteiger partial charge < -0.3 is 9.47 Å². The van der Waals surface area contributed by atoms with Crippen molar-refractivity contribution in [3.05, 3.63) is 83.7 Å². The minimum atomic E-state index is -3.70. The predicted molar refractivity (Wildman–Crippen MR) is 127 cm³/mol. The van der Waals surface area contributed by atoms with Gasteiger partial charge in [0.15, 0.2) is 11.5 Å². The fraction of sp³-hybridized carbons (Fsp3) is 0.125. The van der Waals surface area contributed by atoms with Crippen LogP contribution < -0.4 is 14.2 Å². The van der Waals surface area contributed by atoms with Gasteiger partial charge in [0.2, 0.25) is 10.0 Å². The highest BCUT2D eigenvalue weighted by Crippen LogP contribution is 2.30. The van der Waals surface area contributed by atoms with Crippen molar-refractivity contribution in [2.45, 2.75) is 11.4 Å². The second-order valence-electron chi connectivity index (χ2n) is 6.94. The molecule has 0 spiro atoms. The topological polar surface area (TPSA) is 77.5 Å². The zero-order valence-corrected chi connectivity index (χ0v) is 19.2. The van der Waals surface area contributed by atoms with Gasteiger partial charge in [-0.2, -0.15) is 0 Å². The lowest BCUT2D eigenvalue weighted by Gasteiger charge is -2.11. The summed E-state index contributed by atoms with van der Waals surface area (Å²) >= 11 is 1.58. The molecule has 0 aliphatic rings. The van der Waals surface area contributed by atoms with Crippen LogP contribution in [0.2, 0.25) is 0 Å². The Morgan fingerprint density at radius 1 is 0.875 bits per heavy atom. The van der Waals surface area contributed by atoms with Crippen molar-refractivity contribution in [3.8, 4) is 33.3 Å². The van der Waals surface area contributed by atoms with Crippen molar-refractivity contribution >= 4 is 21.4 Å². The normalized spacial score (nSPS) is 11.3. The van der Waals surface area contributed by atoms with Crippen molar-refractivity contribution in [3.63, 3.8) is 0 Å². The van der Waals surface area contributed by atoms with Crippen LogP contribution >= 0.6 is 11.3 Å². The summed E-state index contributed by atoms with van der Waals surface area (Å²) in [6.45, 7) is 0.171. The molecule has 3 aromatic carbocycles. The first-order chi connectivity index (χ1) is 15.5.